The molecule has 0 amide bonds. The molecule has 0 spiro atoms. The highest BCUT2D eigenvalue weighted by Gasteiger charge is 2.36. The Morgan fingerprint density at radius 1 is 1.00 bits per heavy atom. The fraction of sp³-hybridized carbons (Fsp3) is 1.00. The summed E-state index contributed by atoms with van der Waals surface area (Å²) < 4.78 is 0. The largest absolute Gasteiger partial charge is 0.317 e. The zero-order valence-corrected chi connectivity index (χ0v) is 13.5. The van der Waals surface area contributed by atoms with E-state index in [-0.39, 0.29) is 0 Å². The van der Waals surface area contributed by atoms with Crippen LogP contribution in [0.3, 0.4) is 0 Å². The van der Waals surface area contributed by atoms with Crippen molar-refractivity contribution in [2.24, 2.45) is 5.92 Å². The van der Waals surface area contributed by atoms with Crippen LogP contribution in [-0.4, -0.2) is 61.2 Å². The van der Waals surface area contributed by atoms with E-state index in [1.54, 1.807) is 0 Å². The van der Waals surface area contributed by atoms with E-state index in [9.17, 15) is 0 Å². The fourth-order valence-electron chi connectivity index (χ4n) is 4.79. The monoisotopic (exact) mass is 279 g/mol. The quantitative estimate of drug-likeness (QED) is 0.800. The maximum atomic E-state index is 3.61. The van der Waals surface area contributed by atoms with Crippen LogP contribution in [-0.2, 0) is 0 Å². The Kier molecular flexibility index (Phi) is 5.00. The van der Waals surface area contributed by atoms with Crippen molar-refractivity contribution in [3.63, 3.8) is 0 Å². The Morgan fingerprint density at radius 3 is 2.70 bits per heavy atom. The molecule has 4 unspecified atom stereocenters. The molecule has 0 aromatic carbocycles. The summed E-state index contributed by atoms with van der Waals surface area (Å²) in [5.41, 5.74) is 0. The molecule has 0 aromatic heterocycles. The number of hydrogen-bond donors (Lipinski definition) is 1. The summed E-state index contributed by atoms with van der Waals surface area (Å²) in [7, 11) is 2.17. The molecule has 20 heavy (non-hydrogen) atoms. The highest BCUT2D eigenvalue weighted by atomic mass is 15.3. The molecule has 0 bridgehead atoms. The Bertz CT molecular complexity index is 307. The third-order valence-corrected chi connectivity index (χ3v) is 6.07. The topological polar surface area (TPSA) is 18.5 Å². The number of fused-ring (bicyclic) bond motifs is 1. The third-order valence-electron chi connectivity index (χ3n) is 6.07. The van der Waals surface area contributed by atoms with E-state index in [2.05, 4.69) is 29.1 Å². The summed E-state index contributed by atoms with van der Waals surface area (Å²) in [6.07, 6.45) is 9.99. The predicted molar refractivity (Wildman–Crippen MR) is 85.1 cm³/mol. The lowest BCUT2D eigenvalue weighted by Crippen LogP contribution is -2.56. The van der Waals surface area contributed by atoms with Gasteiger partial charge in [0.2, 0.25) is 0 Å². The predicted octanol–water partition coefficient (Wildman–Crippen LogP) is 2.32. The highest BCUT2D eigenvalue weighted by Crippen LogP contribution is 2.29. The van der Waals surface area contributed by atoms with Crippen LogP contribution in [0.2, 0.25) is 0 Å². The SMILES string of the molecule is CNC1CCCCCC1CN1CC2CCCN2CC1C. The Morgan fingerprint density at radius 2 is 1.85 bits per heavy atom. The lowest BCUT2D eigenvalue weighted by molar-refractivity contribution is 0.0425. The summed E-state index contributed by atoms with van der Waals surface area (Å²) >= 11 is 0. The van der Waals surface area contributed by atoms with Gasteiger partial charge < -0.3 is 5.32 Å². The van der Waals surface area contributed by atoms with Crippen molar-refractivity contribution in [3.05, 3.63) is 0 Å². The average molecular weight is 279 g/mol. The highest BCUT2D eigenvalue weighted by molar-refractivity contribution is 4.92. The maximum absolute atomic E-state index is 3.61. The number of nitrogens with one attached hydrogen (secondary N) is 1. The van der Waals surface area contributed by atoms with Gasteiger partial charge in [-0.3, -0.25) is 9.80 Å². The molecule has 2 aliphatic heterocycles. The van der Waals surface area contributed by atoms with Crippen molar-refractivity contribution in [2.75, 3.05) is 33.2 Å². The van der Waals surface area contributed by atoms with E-state index in [0.29, 0.717) is 0 Å². The molecule has 3 fully saturated rings. The minimum atomic E-state index is 0.755. The summed E-state index contributed by atoms with van der Waals surface area (Å²) in [5, 5.41) is 3.61. The minimum absolute atomic E-state index is 0.755. The molecule has 3 aliphatic rings. The van der Waals surface area contributed by atoms with Crippen molar-refractivity contribution < 1.29 is 0 Å². The van der Waals surface area contributed by atoms with Crippen molar-refractivity contribution in [1.29, 1.82) is 0 Å². The van der Waals surface area contributed by atoms with Crippen LogP contribution < -0.4 is 5.32 Å². The van der Waals surface area contributed by atoms with Crippen molar-refractivity contribution >= 4 is 0 Å². The van der Waals surface area contributed by atoms with Crippen LogP contribution in [0.1, 0.15) is 51.9 Å². The van der Waals surface area contributed by atoms with E-state index in [1.165, 1.54) is 71.1 Å². The Balaban J connectivity index is 1.60. The zero-order valence-electron chi connectivity index (χ0n) is 13.5. The summed E-state index contributed by atoms with van der Waals surface area (Å²) in [4.78, 5) is 5.55. The van der Waals surface area contributed by atoms with Gasteiger partial charge >= 0.3 is 0 Å². The summed E-state index contributed by atoms with van der Waals surface area (Å²) in [5.74, 6) is 0.873. The van der Waals surface area contributed by atoms with E-state index >= 15 is 0 Å². The average Bonchev–Trinajstić information content (AvgIpc) is 2.77. The molecule has 116 valence electrons. The molecule has 3 nitrogen and oxygen atoms in total. The van der Waals surface area contributed by atoms with Crippen molar-refractivity contribution in [3.8, 4) is 0 Å². The lowest BCUT2D eigenvalue weighted by Gasteiger charge is -2.44. The third kappa shape index (κ3) is 3.20. The van der Waals surface area contributed by atoms with Crippen LogP contribution in [0.5, 0.6) is 0 Å². The summed E-state index contributed by atoms with van der Waals surface area (Å²) in [6, 6.07) is 2.38. The van der Waals surface area contributed by atoms with Gasteiger partial charge in [0.25, 0.3) is 0 Å². The number of nitrogens with zero attached hydrogens (tertiary/aromatic N) is 2. The molecular weight excluding hydrogens is 246 g/mol. The molecule has 4 atom stereocenters. The maximum Gasteiger partial charge on any atom is 0.0224 e. The van der Waals surface area contributed by atoms with Gasteiger partial charge in [0.05, 0.1) is 0 Å². The minimum Gasteiger partial charge on any atom is -0.317 e. The van der Waals surface area contributed by atoms with Gasteiger partial charge in [0.1, 0.15) is 0 Å². The molecule has 3 rings (SSSR count). The van der Waals surface area contributed by atoms with Crippen molar-refractivity contribution in [1.82, 2.24) is 15.1 Å². The first kappa shape index (κ1) is 14.8. The van der Waals surface area contributed by atoms with Crippen LogP contribution in [0.4, 0.5) is 0 Å². The molecule has 1 aliphatic carbocycles. The van der Waals surface area contributed by atoms with Gasteiger partial charge in [-0.15, -0.1) is 0 Å². The van der Waals surface area contributed by atoms with E-state index in [1.807, 2.05) is 0 Å². The smallest absolute Gasteiger partial charge is 0.0224 e. The van der Waals surface area contributed by atoms with E-state index in [0.717, 1.165) is 24.0 Å². The molecule has 2 saturated heterocycles. The number of rotatable bonds is 3. The molecule has 0 radical (unpaired) electrons. The first-order valence-corrected chi connectivity index (χ1v) is 8.93. The first-order valence-electron chi connectivity index (χ1n) is 8.93. The van der Waals surface area contributed by atoms with Crippen LogP contribution in [0, 0.1) is 5.92 Å². The molecule has 0 aromatic rings. The van der Waals surface area contributed by atoms with Gasteiger partial charge in [0.15, 0.2) is 0 Å². The second-order valence-corrected chi connectivity index (χ2v) is 7.39. The molecule has 1 N–H and O–H groups in total. The van der Waals surface area contributed by atoms with Crippen molar-refractivity contribution in [2.45, 2.75) is 70.0 Å². The Labute approximate surface area is 125 Å². The van der Waals surface area contributed by atoms with E-state index in [4.69, 9.17) is 0 Å². The first-order chi connectivity index (χ1) is 9.78. The van der Waals surface area contributed by atoms with Gasteiger partial charge in [0, 0.05) is 37.8 Å². The molecular formula is C17H33N3. The van der Waals surface area contributed by atoms with Gasteiger partial charge in [-0.1, -0.05) is 19.3 Å². The second kappa shape index (κ2) is 6.76. The molecule has 2 heterocycles. The van der Waals surface area contributed by atoms with Gasteiger partial charge in [-0.2, -0.15) is 0 Å². The molecule has 1 saturated carbocycles. The normalized spacial score (nSPS) is 40.5. The Hall–Kier alpha value is -0.120. The van der Waals surface area contributed by atoms with Crippen LogP contribution >= 0.6 is 0 Å². The summed E-state index contributed by atoms with van der Waals surface area (Å²) in [6.45, 7) is 7.76. The van der Waals surface area contributed by atoms with E-state index < -0.39 is 0 Å². The van der Waals surface area contributed by atoms with Crippen LogP contribution in [0.15, 0.2) is 0 Å². The van der Waals surface area contributed by atoms with Crippen LogP contribution in [0.25, 0.3) is 0 Å². The lowest BCUT2D eigenvalue weighted by atomic mass is 9.93. The second-order valence-electron chi connectivity index (χ2n) is 7.39. The number of hydrogen-bond acceptors (Lipinski definition) is 3. The fourth-order valence-corrected chi connectivity index (χ4v) is 4.79. The number of piperazine rings is 1. The zero-order chi connectivity index (χ0) is 13.9. The van der Waals surface area contributed by atoms with Gasteiger partial charge in [-0.25, -0.2) is 0 Å². The van der Waals surface area contributed by atoms with Gasteiger partial charge in [-0.05, 0) is 52.1 Å². The molecule has 3 heteroatoms. The standard InChI is InChI=1S/C17H33N3/c1-14-11-19-10-6-8-16(19)13-20(14)12-15-7-4-3-5-9-17(15)18-2/h14-18H,3-13H2,1-2H3.